The van der Waals surface area contributed by atoms with Gasteiger partial charge in [0.15, 0.2) is 0 Å². The molecule has 1 aromatic rings. The monoisotopic (exact) mass is 247 g/mol. The van der Waals surface area contributed by atoms with Crippen molar-refractivity contribution in [3.63, 3.8) is 0 Å². The van der Waals surface area contributed by atoms with Crippen LogP contribution in [0.5, 0.6) is 0 Å². The van der Waals surface area contributed by atoms with Crippen LogP contribution in [0, 0.1) is 19.3 Å². The van der Waals surface area contributed by atoms with Gasteiger partial charge in [-0.05, 0) is 49.3 Å². The van der Waals surface area contributed by atoms with E-state index in [-0.39, 0.29) is 5.41 Å². The maximum atomic E-state index is 8.63. The van der Waals surface area contributed by atoms with E-state index in [1.54, 1.807) is 0 Å². The van der Waals surface area contributed by atoms with Crippen molar-refractivity contribution in [1.82, 2.24) is 0 Å². The van der Waals surface area contributed by atoms with Crippen molar-refractivity contribution in [3.8, 4) is 0 Å². The van der Waals surface area contributed by atoms with E-state index in [1.807, 2.05) is 0 Å². The Morgan fingerprint density at radius 3 is 2.78 bits per heavy atom. The minimum atomic E-state index is 0.187. The number of nitrogens with zero attached hydrogens (tertiary/aromatic N) is 1. The van der Waals surface area contributed by atoms with Gasteiger partial charge in [0.05, 0.1) is 0 Å². The number of nitrogens with two attached hydrogens (primary N) is 1. The van der Waals surface area contributed by atoms with Gasteiger partial charge in [-0.2, -0.15) is 0 Å². The molecule has 0 atom stereocenters. The largest absolute Gasteiger partial charge is 0.409 e. The molecule has 0 aliphatic heterocycles. The van der Waals surface area contributed by atoms with Crippen LogP contribution in [0.3, 0.4) is 0 Å². The lowest BCUT2D eigenvalue weighted by molar-refractivity contribution is 0.315. The van der Waals surface area contributed by atoms with Crippen LogP contribution in [0.4, 0.5) is 5.69 Å². The molecule has 1 saturated carbocycles. The Morgan fingerprint density at radius 1 is 1.44 bits per heavy atom. The van der Waals surface area contributed by atoms with Gasteiger partial charge in [-0.1, -0.05) is 17.3 Å². The molecule has 0 bridgehead atoms. The predicted octanol–water partition coefficient (Wildman–Crippen LogP) is 2.63. The number of benzene rings is 1. The van der Waals surface area contributed by atoms with Crippen molar-refractivity contribution in [1.29, 1.82) is 0 Å². The Balaban J connectivity index is 1.97. The van der Waals surface area contributed by atoms with E-state index in [0.717, 1.165) is 19.4 Å². The fourth-order valence-corrected chi connectivity index (χ4v) is 2.22. The van der Waals surface area contributed by atoms with Crippen molar-refractivity contribution in [2.75, 3.05) is 11.9 Å². The molecule has 18 heavy (non-hydrogen) atoms. The first-order chi connectivity index (χ1) is 8.54. The molecule has 4 N–H and O–H groups in total. The summed E-state index contributed by atoms with van der Waals surface area (Å²) in [5, 5.41) is 15.2. The molecule has 1 fully saturated rings. The Hall–Kier alpha value is -1.71. The van der Waals surface area contributed by atoms with Crippen molar-refractivity contribution in [2.24, 2.45) is 16.3 Å². The minimum absolute atomic E-state index is 0.187. The van der Waals surface area contributed by atoms with E-state index in [4.69, 9.17) is 10.9 Å². The molecule has 0 amide bonds. The molecule has 0 unspecified atom stereocenters. The van der Waals surface area contributed by atoms with Crippen LogP contribution in [0.25, 0.3) is 0 Å². The first kappa shape index (κ1) is 12.7. The van der Waals surface area contributed by atoms with Crippen molar-refractivity contribution in [2.45, 2.75) is 33.1 Å². The van der Waals surface area contributed by atoms with E-state index < -0.39 is 0 Å². The molecule has 2 rings (SSSR count). The fourth-order valence-electron chi connectivity index (χ4n) is 2.22. The van der Waals surface area contributed by atoms with Crippen LogP contribution in [-0.2, 0) is 0 Å². The average Bonchev–Trinajstić information content (AvgIpc) is 3.10. The average molecular weight is 247 g/mol. The van der Waals surface area contributed by atoms with E-state index in [0.29, 0.717) is 12.3 Å². The highest BCUT2D eigenvalue weighted by Crippen LogP contribution is 2.48. The Morgan fingerprint density at radius 2 is 2.17 bits per heavy atom. The molecule has 4 nitrogen and oxygen atoms in total. The molecule has 0 heterocycles. The van der Waals surface area contributed by atoms with Crippen LogP contribution in [0.15, 0.2) is 23.4 Å². The van der Waals surface area contributed by atoms with Gasteiger partial charge in [-0.15, -0.1) is 0 Å². The zero-order valence-electron chi connectivity index (χ0n) is 11.0. The number of hydrogen-bond donors (Lipinski definition) is 3. The van der Waals surface area contributed by atoms with E-state index >= 15 is 0 Å². The van der Waals surface area contributed by atoms with Crippen LogP contribution >= 0.6 is 0 Å². The van der Waals surface area contributed by atoms with Crippen molar-refractivity contribution < 1.29 is 5.21 Å². The molecule has 1 aromatic carbocycles. The highest BCUT2D eigenvalue weighted by molar-refractivity contribution is 5.80. The van der Waals surface area contributed by atoms with Gasteiger partial charge in [0.2, 0.25) is 0 Å². The molecule has 1 aliphatic carbocycles. The number of hydrogen-bond acceptors (Lipinski definition) is 3. The molecule has 98 valence electrons. The summed E-state index contributed by atoms with van der Waals surface area (Å²) in [4.78, 5) is 0. The SMILES string of the molecule is Cc1ccc(C)c(NCC2(CC(N)=NO)CC2)c1. The highest BCUT2D eigenvalue weighted by Gasteiger charge is 2.43. The second-order valence-electron chi connectivity index (χ2n) is 5.44. The summed E-state index contributed by atoms with van der Waals surface area (Å²) in [6, 6.07) is 6.40. The lowest BCUT2D eigenvalue weighted by atomic mass is 10.0. The summed E-state index contributed by atoms with van der Waals surface area (Å²) in [7, 11) is 0. The maximum absolute atomic E-state index is 8.63. The first-order valence-electron chi connectivity index (χ1n) is 6.32. The van der Waals surface area contributed by atoms with Crippen LogP contribution in [0.2, 0.25) is 0 Å². The van der Waals surface area contributed by atoms with Gasteiger partial charge in [-0.3, -0.25) is 0 Å². The smallest absolute Gasteiger partial charge is 0.139 e. The second-order valence-corrected chi connectivity index (χ2v) is 5.44. The van der Waals surface area contributed by atoms with E-state index in [9.17, 15) is 0 Å². The lowest BCUT2D eigenvalue weighted by Crippen LogP contribution is -2.23. The molecule has 4 heteroatoms. The van der Waals surface area contributed by atoms with Gasteiger partial charge in [0.25, 0.3) is 0 Å². The summed E-state index contributed by atoms with van der Waals surface area (Å²) in [6.45, 7) is 5.08. The second kappa shape index (κ2) is 4.88. The third-order valence-corrected chi connectivity index (χ3v) is 3.69. The summed E-state index contributed by atoms with van der Waals surface area (Å²) in [6.07, 6.45) is 2.95. The van der Waals surface area contributed by atoms with Gasteiger partial charge in [0, 0.05) is 18.7 Å². The standard InChI is InChI=1S/C14H21N3O/c1-10-3-4-11(2)12(7-10)16-9-14(5-6-14)8-13(15)17-18/h3-4,7,16,18H,5-6,8-9H2,1-2H3,(H2,15,17). The summed E-state index contributed by atoms with van der Waals surface area (Å²) in [5.74, 6) is 0.329. The zero-order valence-corrected chi connectivity index (χ0v) is 11.0. The van der Waals surface area contributed by atoms with Gasteiger partial charge < -0.3 is 16.3 Å². The molecular formula is C14H21N3O. The summed E-state index contributed by atoms with van der Waals surface area (Å²) in [5.41, 5.74) is 9.47. The molecule has 0 radical (unpaired) electrons. The molecular weight excluding hydrogens is 226 g/mol. The van der Waals surface area contributed by atoms with Crippen molar-refractivity contribution in [3.05, 3.63) is 29.3 Å². The third-order valence-electron chi connectivity index (χ3n) is 3.69. The number of oxime groups is 1. The van der Waals surface area contributed by atoms with Crippen molar-refractivity contribution >= 4 is 11.5 Å². The molecule has 0 aromatic heterocycles. The molecule has 1 aliphatic rings. The number of amidine groups is 1. The summed E-state index contributed by atoms with van der Waals surface area (Å²) < 4.78 is 0. The number of anilines is 1. The number of aryl methyl sites for hydroxylation is 2. The minimum Gasteiger partial charge on any atom is -0.409 e. The maximum Gasteiger partial charge on any atom is 0.139 e. The Kier molecular flexibility index (Phi) is 3.45. The van der Waals surface area contributed by atoms with Crippen LogP contribution < -0.4 is 11.1 Å². The van der Waals surface area contributed by atoms with Crippen LogP contribution in [0.1, 0.15) is 30.4 Å². The van der Waals surface area contributed by atoms with Gasteiger partial charge in [0.1, 0.15) is 5.84 Å². The van der Waals surface area contributed by atoms with E-state index in [2.05, 4.69) is 42.5 Å². The number of nitrogens with one attached hydrogen (secondary N) is 1. The molecule has 0 saturated heterocycles. The third kappa shape index (κ3) is 2.94. The highest BCUT2D eigenvalue weighted by atomic mass is 16.4. The quantitative estimate of drug-likeness (QED) is 0.324. The Labute approximate surface area is 108 Å². The van der Waals surface area contributed by atoms with Gasteiger partial charge >= 0.3 is 0 Å². The summed E-state index contributed by atoms with van der Waals surface area (Å²) >= 11 is 0. The predicted molar refractivity (Wildman–Crippen MR) is 74.1 cm³/mol. The zero-order chi connectivity index (χ0) is 13.2. The van der Waals surface area contributed by atoms with E-state index in [1.165, 1.54) is 16.8 Å². The lowest BCUT2D eigenvalue weighted by Gasteiger charge is -2.17. The number of rotatable bonds is 5. The van der Waals surface area contributed by atoms with Crippen LogP contribution in [-0.4, -0.2) is 17.6 Å². The Bertz CT molecular complexity index is 464. The normalized spacial score (nSPS) is 17.6. The molecule has 0 spiro atoms. The van der Waals surface area contributed by atoms with Gasteiger partial charge in [-0.25, -0.2) is 0 Å². The first-order valence-corrected chi connectivity index (χ1v) is 6.32. The fraction of sp³-hybridized carbons (Fsp3) is 0.500. The topological polar surface area (TPSA) is 70.6 Å².